The lowest BCUT2D eigenvalue weighted by molar-refractivity contribution is -0.147. The lowest BCUT2D eigenvalue weighted by Gasteiger charge is -2.35. The second kappa shape index (κ2) is 6.45. The lowest BCUT2D eigenvalue weighted by Crippen LogP contribution is -2.54. The number of aromatic nitrogens is 1. The molecule has 0 radical (unpaired) electrons. The Hall–Kier alpha value is -0.980. The first-order chi connectivity index (χ1) is 9.22. The van der Waals surface area contributed by atoms with Crippen LogP contribution in [0.3, 0.4) is 0 Å². The van der Waals surface area contributed by atoms with Crippen LogP contribution < -0.4 is 10.6 Å². The highest BCUT2D eigenvalue weighted by Gasteiger charge is 2.40. The summed E-state index contributed by atoms with van der Waals surface area (Å²) in [7, 11) is 1.62. The third-order valence-corrected chi connectivity index (χ3v) is 4.57. The Morgan fingerprint density at radius 3 is 2.89 bits per heavy atom. The zero-order valence-corrected chi connectivity index (χ0v) is 12.3. The van der Waals surface area contributed by atoms with Gasteiger partial charge in [-0.2, -0.15) is 0 Å². The third kappa shape index (κ3) is 3.13. The highest BCUT2D eigenvalue weighted by molar-refractivity contribution is 7.09. The van der Waals surface area contributed by atoms with Crippen molar-refractivity contribution in [2.75, 3.05) is 20.2 Å². The number of amides is 1. The van der Waals surface area contributed by atoms with Crippen molar-refractivity contribution in [3.63, 3.8) is 0 Å². The van der Waals surface area contributed by atoms with Gasteiger partial charge in [-0.05, 0) is 32.4 Å². The first-order valence-electron chi connectivity index (χ1n) is 6.68. The quantitative estimate of drug-likeness (QED) is 0.859. The van der Waals surface area contributed by atoms with Crippen LogP contribution in [0.4, 0.5) is 0 Å². The van der Waals surface area contributed by atoms with Crippen molar-refractivity contribution in [1.29, 1.82) is 0 Å². The molecule has 106 valence electrons. The second-order valence-corrected chi connectivity index (χ2v) is 5.68. The van der Waals surface area contributed by atoms with E-state index in [1.807, 2.05) is 12.3 Å². The number of ether oxygens (including phenoxy) is 1. The van der Waals surface area contributed by atoms with Crippen molar-refractivity contribution in [3.8, 4) is 0 Å². The number of hydrogen-bond acceptors (Lipinski definition) is 5. The van der Waals surface area contributed by atoms with Crippen molar-refractivity contribution >= 4 is 17.2 Å². The van der Waals surface area contributed by atoms with Gasteiger partial charge in [0.05, 0.1) is 6.04 Å². The van der Waals surface area contributed by atoms with Gasteiger partial charge in [0.1, 0.15) is 10.6 Å². The molecule has 6 heteroatoms. The van der Waals surface area contributed by atoms with Crippen LogP contribution in [0, 0.1) is 0 Å². The second-order valence-electron chi connectivity index (χ2n) is 4.75. The first-order valence-corrected chi connectivity index (χ1v) is 7.56. The molecule has 1 aliphatic rings. The number of thiazole rings is 1. The summed E-state index contributed by atoms with van der Waals surface area (Å²) in [4.78, 5) is 16.8. The van der Waals surface area contributed by atoms with Crippen LogP contribution in [-0.2, 0) is 9.53 Å². The fourth-order valence-electron chi connectivity index (χ4n) is 2.39. The van der Waals surface area contributed by atoms with Crippen molar-refractivity contribution in [3.05, 3.63) is 16.6 Å². The number of nitrogens with zero attached hydrogens (tertiary/aromatic N) is 1. The van der Waals surface area contributed by atoms with Crippen LogP contribution in [0.5, 0.6) is 0 Å². The van der Waals surface area contributed by atoms with Gasteiger partial charge in [0.15, 0.2) is 0 Å². The molecule has 2 rings (SSSR count). The summed E-state index contributed by atoms with van der Waals surface area (Å²) in [6.07, 6.45) is 4.02. The van der Waals surface area contributed by atoms with E-state index in [9.17, 15) is 4.79 Å². The average molecular weight is 283 g/mol. The number of rotatable bonds is 5. The highest BCUT2D eigenvalue weighted by Crippen LogP contribution is 2.25. The van der Waals surface area contributed by atoms with E-state index in [0.717, 1.165) is 24.5 Å². The van der Waals surface area contributed by atoms with Crippen molar-refractivity contribution in [1.82, 2.24) is 15.6 Å². The van der Waals surface area contributed by atoms with E-state index in [-0.39, 0.29) is 11.9 Å². The van der Waals surface area contributed by atoms with Crippen LogP contribution >= 0.6 is 11.3 Å². The molecule has 5 nitrogen and oxygen atoms in total. The fraction of sp³-hybridized carbons (Fsp3) is 0.692. The molecule has 1 aromatic heterocycles. The first kappa shape index (κ1) is 14.4. The summed E-state index contributed by atoms with van der Waals surface area (Å²) in [5.41, 5.74) is -0.685. The molecule has 1 saturated heterocycles. The summed E-state index contributed by atoms with van der Waals surface area (Å²) < 4.78 is 5.53. The molecule has 1 fully saturated rings. The lowest BCUT2D eigenvalue weighted by atomic mass is 9.90. The molecule has 2 heterocycles. The van der Waals surface area contributed by atoms with Gasteiger partial charge in [-0.25, -0.2) is 4.98 Å². The van der Waals surface area contributed by atoms with Gasteiger partial charge in [-0.3, -0.25) is 4.79 Å². The monoisotopic (exact) mass is 283 g/mol. The molecule has 19 heavy (non-hydrogen) atoms. The van der Waals surface area contributed by atoms with Gasteiger partial charge in [-0.15, -0.1) is 11.3 Å². The number of piperidine rings is 1. The van der Waals surface area contributed by atoms with E-state index >= 15 is 0 Å². The Kier molecular flexibility index (Phi) is 4.90. The van der Waals surface area contributed by atoms with Gasteiger partial charge in [0, 0.05) is 18.7 Å². The maximum absolute atomic E-state index is 12.5. The largest absolute Gasteiger partial charge is 0.368 e. The molecular weight excluding hydrogens is 262 g/mol. The van der Waals surface area contributed by atoms with E-state index < -0.39 is 5.60 Å². The smallest absolute Gasteiger partial charge is 0.252 e. The van der Waals surface area contributed by atoms with E-state index in [1.54, 1.807) is 24.6 Å². The molecule has 0 aliphatic carbocycles. The SMILES string of the molecule is CCC(NC(=O)C1(OC)CCNCC1)c1nccs1. The molecule has 0 saturated carbocycles. The van der Waals surface area contributed by atoms with E-state index in [1.165, 1.54) is 0 Å². The standard InChI is InChI=1S/C13H21N3O2S/c1-3-10(11-15-8-9-19-11)16-12(17)13(18-2)4-6-14-7-5-13/h8-10,14H,3-7H2,1-2H3,(H,16,17). The normalized spacial score (nSPS) is 19.9. The zero-order chi connectivity index (χ0) is 13.7. The zero-order valence-electron chi connectivity index (χ0n) is 11.4. The molecule has 1 amide bonds. The molecule has 0 spiro atoms. The Bertz CT molecular complexity index is 402. The van der Waals surface area contributed by atoms with Crippen molar-refractivity contribution in [2.24, 2.45) is 0 Å². The predicted octanol–water partition coefficient (Wildman–Crippen LogP) is 1.48. The minimum absolute atomic E-state index is 0.0152. The number of nitrogens with one attached hydrogen (secondary N) is 2. The average Bonchev–Trinajstić information content (AvgIpc) is 2.99. The fourth-order valence-corrected chi connectivity index (χ4v) is 3.16. The number of methoxy groups -OCH3 is 1. The summed E-state index contributed by atoms with van der Waals surface area (Å²) in [5, 5.41) is 9.23. The topological polar surface area (TPSA) is 63.2 Å². The van der Waals surface area contributed by atoms with Crippen molar-refractivity contribution < 1.29 is 9.53 Å². The highest BCUT2D eigenvalue weighted by atomic mass is 32.1. The van der Waals surface area contributed by atoms with Crippen LogP contribution in [-0.4, -0.2) is 36.7 Å². The predicted molar refractivity (Wildman–Crippen MR) is 75.1 cm³/mol. The van der Waals surface area contributed by atoms with Gasteiger partial charge in [0.2, 0.25) is 0 Å². The van der Waals surface area contributed by atoms with Gasteiger partial charge in [0.25, 0.3) is 5.91 Å². The Morgan fingerprint density at radius 2 is 2.37 bits per heavy atom. The molecule has 1 atom stereocenters. The van der Waals surface area contributed by atoms with Crippen LogP contribution in [0.1, 0.15) is 37.2 Å². The summed E-state index contributed by atoms with van der Waals surface area (Å²) in [6, 6.07) is -0.0191. The minimum atomic E-state index is -0.685. The minimum Gasteiger partial charge on any atom is -0.368 e. The number of carbonyl (C=O) groups excluding carboxylic acids is 1. The summed E-state index contributed by atoms with van der Waals surface area (Å²) >= 11 is 1.57. The Labute approximate surface area is 117 Å². The number of carbonyl (C=O) groups is 1. The maximum atomic E-state index is 12.5. The number of hydrogen-bond donors (Lipinski definition) is 2. The molecule has 0 aromatic carbocycles. The van der Waals surface area contributed by atoms with Gasteiger partial charge in [-0.1, -0.05) is 6.92 Å². The molecule has 0 bridgehead atoms. The van der Waals surface area contributed by atoms with Gasteiger partial charge >= 0.3 is 0 Å². The van der Waals surface area contributed by atoms with E-state index in [0.29, 0.717) is 12.8 Å². The Balaban J connectivity index is 2.06. The maximum Gasteiger partial charge on any atom is 0.252 e. The molecule has 2 N–H and O–H groups in total. The molecule has 1 unspecified atom stereocenters. The summed E-state index contributed by atoms with van der Waals surface area (Å²) in [6.45, 7) is 3.68. The van der Waals surface area contributed by atoms with Crippen molar-refractivity contribution in [2.45, 2.75) is 37.8 Å². The molecule has 1 aliphatic heterocycles. The summed E-state index contributed by atoms with van der Waals surface area (Å²) in [5.74, 6) is -0.0152. The van der Waals surface area contributed by atoms with Crippen LogP contribution in [0.25, 0.3) is 0 Å². The molecule has 1 aromatic rings. The van der Waals surface area contributed by atoms with E-state index in [4.69, 9.17) is 4.74 Å². The van der Waals surface area contributed by atoms with Crippen LogP contribution in [0.2, 0.25) is 0 Å². The molecular formula is C13H21N3O2S. The third-order valence-electron chi connectivity index (χ3n) is 3.68. The van der Waals surface area contributed by atoms with E-state index in [2.05, 4.69) is 15.6 Å². The Morgan fingerprint density at radius 1 is 1.63 bits per heavy atom. The van der Waals surface area contributed by atoms with Crippen LogP contribution in [0.15, 0.2) is 11.6 Å². The van der Waals surface area contributed by atoms with Gasteiger partial charge < -0.3 is 15.4 Å².